The third kappa shape index (κ3) is 2.87. The Kier molecular flexibility index (Phi) is 3.60. The lowest BCUT2D eigenvalue weighted by Crippen LogP contribution is -2.11. The average molecular weight is 344 g/mol. The number of benzene rings is 1. The molecule has 0 bridgehead atoms. The zero-order valence-corrected chi connectivity index (χ0v) is 13.2. The second kappa shape index (κ2) is 5.28. The Balaban J connectivity index is 1.94. The molecule has 1 N–H and O–H groups in total. The summed E-state index contributed by atoms with van der Waals surface area (Å²) in [5, 5.41) is 0. The molecule has 21 heavy (non-hydrogen) atoms. The van der Waals surface area contributed by atoms with E-state index in [1.165, 1.54) is 6.20 Å². The number of sulfonamides is 1. The van der Waals surface area contributed by atoms with Gasteiger partial charge < -0.3 is 4.42 Å². The molecule has 1 aromatic carbocycles. The predicted molar refractivity (Wildman–Crippen MR) is 81.3 cm³/mol. The first-order valence-corrected chi connectivity index (χ1v) is 8.69. The number of aryl methyl sites for hydroxylation is 1. The van der Waals surface area contributed by atoms with Crippen molar-refractivity contribution in [1.82, 2.24) is 9.97 Å². The number of hydrogen-bond donors (Lipinski definition) is 1. The van der Waals surface area contributed by atoms with Gasteiger partial charge in [-0.05, 0) is 18.2 Å². The molecule has 3 aromatic rings. The van der Waals surface area contributed by atoms with E-state index in [0.717, 1.165) is 11.3 Å². The molecule has 0 spiro atoms. The Hall–Kier alpha value is -1.64. The molecule has 0 saturated heterocycles. The number of fused-ring (bicyclic) bond motifs is 1. The van der Waals surface area contributed by atoms with E-state index in [0.29, 0.717) is 29.1 Å². The van der Waals surface area contributed by atoms with Gasteiger partial charge >= 0.3 is 0 Å². The van der Waals surface area contributed by atoms with Crippen LogP contribution in [0.3, 0.4) is 0 Å². The van der Waals surface area contributed by atoms with Crippen molar-refractivity contribution >= 4 is 49.7 Å². The average Bonchev–Trinajstić information content (AvgIpc) is 3.03. The summed E-state index contributed by atoms with van der Waals surface area (Å²) in [6.45, 7) is 1.93. The van der Waals surface area contributed by atoms with Crippen LogP contribution in [0.2, 0.25) is 4.47 Å². The van der Waals surface area contributed by atoms with E-state index in [4.69, 9.17) is 16.0 Å². The van der Waals surface area contributed by atoms with E-state index in [1.54, 1.807) is 18.2 Å². The summed E-state index contributed by atoms with van der Waals surface area (Å²) in [6.07, 6.45) is 1.90. The van der Waals surface area contributed by atoms with Crippen LogP contribution in [-0.2, 0) is 16.4 Å². The molecule has 0 unspecified atom stereocenters. The van der Waals surface area contributed by atoms with E-state index >= 15 is 0 Å². The van der Waals surface area contributed by atoms with Gasteiger partial charge in [-0.3, -0.25) is 4.72 Å². The molecule has 2 heterocycles. The summed E-state index contributed by atoms with van der Waals surface area (Å²) in [5.74, 6) is 0.610. The summed E-state index contributed by atoms with van der Waals surface area (Å²) in [7, 11) is -3.70. The predicted octanol–water partition coefficient (Wildman–Crippen LogP) is 3.30. The van der Waals surface area contributed by atoms with Crippen LogP contribution >= 0.6 is 22.9 Å². The molecule has 2 aromatic heterocycles. The van der Waals surface area contributed by atoms with Gasteiger partial charge in [-0.15, -0.1) is 0 Å². The first-order chi connectivity index (χ1) is 9.98. The minimum atomic E-state index is -3.70. The number of halogens is 1. The van der Waals surface area contributed by atoms with E-state index in [1.807, 2.05) is 6.92 Å². The number of oxazole rings is 1. The number of anilines is 1. The van der Waals surface area contributed by atoms with Gasteiger partial charge in [0.25, 0.3) is 10.0 Å². The van der Waals surface area contributed by atoms with Gasteiger partial charge in [0.05, 0.1) is 11.9 Å². The fourth-order valence-electron chi connectivity index (χ4n) is 1.76. The zero-order valence-electron chi connectivity index (χ0n) is 10.8. The van der Waals surface area contributed by atoms with Crippen molar-refractivity contribution < 1.29 is 12.8 Å². The maximum Gasteiger partial charge on any atom is 0.273 e. The SMILES string of the molecule is CCc1nc2cc(NS(=O)(=O)c3cnc(Cl)s3)ccc2o1. The highest BCUT2D eigenvalue weighted by atomic mass is 35.5. The van der Waals surface area contributed by atoms with Crippen molar-refractivity contribution in [1.29, 1.82) is 0 Å². The molecule has 3 rings (SSSR count). The molecule has 0 amide bonds. The third-order valence-corrected chi connectivity index (χ3v) is 5.66. The first kappa shape index (κ1) is 14.3. The van der Waals surface area contributed by atoms with Gasteiger partial charge in [0.15, 0.2) is 20.1 Å². The summed E-state index contributed by atoms with van der Waals surface area (Å²) in [5.41, 5.74) is 1.63. The van der Waals surface area contributed by atoms with Crippen LogP contribution < -0.4 is 4.72 Å². The highest BCUT2D eigenvalue weighted by Gasteiger charge is 2.18. The van der Waals surface area contributed by atoms with E-state index < -0.39 is 10.0 Å². The molecular formula is C12H10ClN3O3S2. The number of hydrogen-bond acceptors (Lipinski definition) is 6. The standard InChI is InChI=1S/C12H10ClN3O3S2/c1-2-10-15-8-5-7(3-4-9(8)19-10)16-21(17,18)11-6-14-12(13)20-11/h3-6,16H,2H2,1H3. The maximum atomic E-state index is 12.2. The fourth-order valence-corrected chi connectivity index (χ4v) is 4.10. The molecule has 0 radical (unpaired) electrons. The Morgan fingerprint density at radius 3 is 2.90 bits per heavy atom. The second-order valence-electron chi connectivity index (χ2n) is 4.18. The second-order valence-corrected chi connectivity index (χ2v) is 7.70. The molecule has 110 valence electrons. The van der Waals surface area contributed by atoms with Crippen molar-refractivity contribution in [3.05, 3.63) is 34.8 Å². The lowest BCUT2D eigenvalue weighted by molar-refractivity contribution is 0.538. The first-order valence-electron chi connectivity index (χ1n) is 6.01. The van der Waals surface area contributed by atoms with E-state index in [-0.39, 0.29) is 8.68 Å². The molecule has 0 saturated carbocycles. The molecular weight excluding hydrogens is 334 g/mol. The maximum absolute atomic E-state index is 12.2. The van der Waals surface area contributed by atoms with Crippen LogP contribution in [0.15, 0.2) is 33.0 Å². The topological polar surface area (TPSA) is 85.1 Å². The van der Waals surface area contributed by atoms with Crippen LogP contribution in [-0.4, -0.2) is 18.4 Å². The number of nitrogens with zero attached hydrogens (tertiary/aromatic N) is 2. The van der Waals surface area contributed by atoms with Crippen LogP contribution in [0.25, 0.3) is 11.1 Å². The van der Waals surface area contributed by atoms with Gasteiger partial charge in [0.1, 0.15) is 5.52 Å². The molecule has 0 fully saturated rings. The smallest absolute Gasteiger partial charge is 0.273 e. The number of rotatable bonds is 4. The van der Waals surface area contributed by atoms with Crippen LogP contribution in [0.5, 0.6) is 0 Å². The van der Waals surface area contributed by atoms with Crippen molar-refractivity contribution in [2.75, 3.05) is 4.72 Å². The Bertz CT molecular complexity index is 902. The van der Waals surface area contributed by atoms with Gasteiger partial charge in [0, 0.05) is 6.42 Å². The third-order valence-electron chi connectivity index (χ3n) is 2.71. The molecule has 0 aliphatic heterocycles. The van der Waals surface area contributed by atoms with Crippen molar-refractivity contribution in [3.63, 3.8) is 0 Å². The molecule has 0 aliphatic carbocycles. The minimum Gasteiger partial charge on any atom is -0.441 e. The summed E-state index contributed by atoms with van der Waals surface area (Å²) >= 11 is 6.55. The van der Waals surface area contributed by atoms with E-state index in [2.05, 4.69) is 14.7 Å². The largest absolute Gasteiger partial charge is 0.441 e. The minimum absolute atomic E-state index is 0.0574. The summed E-state index contributed by atoms with van der Waals surface area (Å²) in [4.78, 5) is 7.99. The highest BCUT2D eigenvalue weighted by Crippen LogP contribution is 2.26. The van der Waals surface area contributed by atoms with Gasteiger partial charge in [-0.2, -0.15) is 0 Å². The van der Waals surface area contributed by atoms with Crippen LogP contribution in [0.1, 0.15) is 12.8 Å². The summed E-state index contributed by atoms with van der Waals surface area (Å²) in [6, 6.07) is 4.92. The Morgan fingerprint density at radius 2 is 2.24 bits per heavy atom. The monoisotopic (exact) mass is 343 g/mol. The Labute approximate surface area is 129 Å². The molecule has 0 aliphatic rings. The van der Waals surface area contributed by atoms with Gasteiger partial charge in [-0.1, -0.05) is 29.9 Å². The molecule has 6 nitrogen and oxygen atoms in total. The van der Waals surface area contributed by atoms with Crippen LogP contribution in [0.4, 0.5) is 5.69 Å². The van der Waals surface area contributed by atoms with Crippen molar-refractivity contribution in [2.24, 2.45) is 0 Å². The fraction of sp³-hybridized carbons (Fsp3) is 0.167. The number of thiazole rings is 1. The highest BCUT2D eigenvalue weighted by molar-refractivity contribution is 7.94. The van der Waals surface area contributed by atoms with E-state index in [9.17, 15) is 8.42 Å². The van der Waals surface area contributed by atoms with Crippen molar-refractivity contribution in [2.45, 2.75) is 17.6 Å². The quantitative estimate of drug-likeness (QED) is 0.785. The van der Waals surface area contributed by atoms with Gasteiger partial charge in [-0.25, -0.2) is 18.4 Å². The molecule has 9 heteroatoms. The normalized spacial score (nSPS) is 11.9. The zero-order chi connectivity index (χ0) is 15.0. The van der Waals surface area contributed by atoms with Crippen LogP contribution in [0, 0.1) is 0 Å². The van der Waals surface area contributed by atoms with Crippen molar-refractivity contribution in [3.8, 4) is 0 Å². The number of aromatic nitrogens is 2. The number of nitrogens with one attached hydrogen (secondary N) is 1. The molecule has 0 atom stereocenters. The lowest BCUT2D eigenvalue weighted by atomic mass is 10.3. The Morgan fingerprint density at radius 1 is 1.43 bits per heavy atom. The summed E-state index contributed by atoms with van der Waals surface area (Å²) < 4.78 is 32.5. The van der Waals surface area contributed by atoms with Gasteiger partial charge in [0.2, 0.25) is 0 Å². The lowest BCUT2D eigenvalue weighted by Gasteiger charge is -2.04.